The van der Waals surface area contributed by atoms with Gasteiger partial charge in [-0.05, 0) is 121 Å². The summed E-state index contributed by atoms with van der Waals surface area (Å²) in [7, 11) is -10.5. The van der Waals surface area contributed by atoms with Gasteiger partial charge in [-0.2, -0.15) is 13.5 Å². The molecule has 9 nitrogen and oxygen atoms in total. The van der Waals surface area contributed by atoms with E-state index in [0.29, 0.717) is 32.7 Å². The number of hydrogen-bond acceptors (Lipinski definition) is 9. The van der Waals surface area contributed by atoms with Gasteiger partial charge in [0, 0.05) is 10.6 Å². The van der Waals surface area contributed by atoms with E-state index in [9.17, 15) is 20.4 Å². The highest BCUT2D eigenvalue weighted by Crippen LogP contribution is 2.77. The van der Waals surface area contributed by atoms with Crippen LogP contribution >= 0.6 is 22.1 Å². The number of nitrogens with zero attached hydrogens (tertiary/aromatic N) is 3. The molecule has 7 rings (SSSR count). The third kappa shape index (κ3) is 6.12. The minimum atomic E-state index is -3.56. The predicted octanol–water partition coefficient (Wildman–Crippen LogP) is 8.46. The SMILES string of the molecule is Oc1ccc(P2(Oc3ccccc3)=NP(Oc3ccccc3)(c3ccc(O)cc3)=NP(c3ccc(O)cc3)(c3ccc(O)cc3)=N2)cc1. The molecule has 0 aliphatic carbocycles. The second kappa shape index (κ2) is 12.8. The van der Waals surface area contributed by atoms with Gasteiger partial charge >= 0.3 is 0 Å². The third-order valence-electron chi connectivity index (χ3n) is 7.49. The first-order chi connectivity index (χ1) is 23.3. The van der Waals surface area contributed by atoms with Crippen molar-refractivity contribution in [2.75, 3.05) is 0 Å². The van der Waals surface area contributed by atoms with E-state index in [1.165, 1.54) is 0 Å². The second-order valence-corrected chi connectivity index (χ2v) is 18.8. The molecule has 2 unspecified atom stereocenters. The molecule has 0 amide bonds. The molecule has 0 aromatic heterocycles. The van der Waals surface area contributed by atoms with Crippen molar-refractivity contribution < 1.29 is 29.5 Å². The number of rotatable bonds is 8. The maximum Gasteiger partial charge on any atom is 0.286 e. The summed E-state index contributed by atoms with van der Waals surface area (Å²) in [5.74, 6) is 1.32. The van der Waals surface area contributed by atoms with Crippen LogP contribution in [0.25, 0.3) is 0 Å². The number of phenols is 4. The fourth-order valence-corrected chi connectivity index (χ4v) is 18.1. The van der Waals surface area contributed by atoms with Crippen molar-refractivity contribution >= 4 is 43.3 Å². The molecule has 6 aromatic rings. The number of phenolic OH excluding ortho intramolecular Hbond substituents is 4. The van der Waals surface area contributed by atoms with Gasteiger partial charge in [0.15, 0.2) is 0 Å². The molecule has 6 aromatic carbocycles. The lowest BCUT2D eigenvalue weighted by Crippen LogP contribution is -2.21. The molecular formula is C36H30N3O6P3. The van der Waals surface area contributed by atoms with E-state index < -0.39 is 22.1 Å². The van der Waals surface area contributed by atoms with Gasteiger partial charge in [0.2, 0.25) is 0 Å². The highest BCUT2D eigenvalue weighted by molar-refractivity contribution is 7.94. The number of hydrogen-bond donors (Lipinski definition) is 4. The molecule has 240 valence electrons. The van der Waals surface area contributed by atoms with E-state index >= 15 is 0 Å². The van der Waals surface area contributed by atoms with Gasteiger partial charge in [0.05, 0.1) is 10.6 Å². The zero-order valence-corrected chi connectivity index (χ0v) is 28.0. The first kappa shape index (κ1) is 31.4. The van der Waals surface area contributed by atoms with E-state index in [2.05, 4.69) is 0 Å². The van der Waals surface area contributed by atoms with Crippen molar-refractivity contribution in [1.82, 2.24) is 0 Å². The lowest BCUT2D eigenvalue weighted by Gasteiger charge is -2.36. The van der Waals surface area contributed by atoms with Gasteiger partial charge in [-0.1, -0.05) is 36.4 Å². The summed E-state index contributed by atoms with van der Waals surface area (Å²) in [6.45, 7) is 0. The average Bonchev–Trinajstić information content (AvgIpc) is 3.10. The predicted molar refractivity (Wildman–Crippen MR) is 193 cm³/mol. The van der Waals surface area contributed by atoms with Gasteiger partial charge in [-0.15, -0.1) is 0 Å². The van der Waals surface area contributed by atoms with Gasteiger partial charge < -0.3 is 29.5 Å². The largest absolute Gasteiger partial charge is 0.508 e. The van der Waals surface area contributed by atoms with Gasteiger partial charge in [-0.3, -0.25) is 0 Å². The third-order valence-corrected chi connectivity index (χ3v) is 18.3. The van der Waals surface area contributed by atoms with Crippen LogP contribution in [0.4, 0.5) is 0 Å². The van der Waals surface area contributed by atoms with Gasteiger partial charge in [0.1, 0.15) is 41.7 Å². The van der Waals surface area contributed by atoms with E-state index in [-0.39, 0.29) is 23.0 Å². The van der Waals surface area contributed by atoms with Crippen molar-refractivity contribution in [3.05, 3.63) is 158 Å². The van der Waals surface area contributed by atoms with Crippen molar-refractivity contribution in [1.29, 1.82) is 0 Å². The summed E-state index contributed by atoms with van der Waals surface area (Å²) in [6, 6.07) is 45.4. The molecule has 1 heterocycles. The molecule has 0 saturated carbocycles. The minimum Gasteiger partial charge on any atom is -0.508 e. The smallest absolute Gasteiger partial charge is 0.286 e. The molecule has 1 aliphatic rings. The number of benzene rings is 6. The van der Waals surface area contributed by atoms with Crippen LogP contribution in [0, 0.1) is 0 Å². The molecule has 4 N–H and O–H groups in total. The van der Waals surface area contributed by atoms with Gasteiger partial charge in [0.25, 0.3) is 14.9 Å². The second-order valence-electron chi connectivity index (χ2n) is 10.8. The monoisotopic (exact) mass is 693 g/mol. The van der Waals surface area contributed by atoms with Crippen LogP contribution in [0.15, 0.2) is 171 Å². The van der Waals surface area contributed by atoms with E-state index in [0.717, 1.165) is 0 Å². The molecule has 0 bridgehead atoms. The lowest BCUT2D eigenvalue weighted by molar-refractivity contribution is 0.475. The Hall–Kier alpha value is -5.19. The molecule has 12 heteroatoms. The molecule has 0 radical (unpaired) electrons. The van der Waals surface area contributed by atoms with Crippen LogP contribution < -0.4 is 30.3 Å². The molecule has 0 spiro atoms. The summed E-state index contributed by atoms with van der Waals surface area (Å²) in [5.41, 5.74) is 0. The highest BCUT2D eigenvalue weighted by atomic mass is 31.3. The molecule has 48 heavy (non-hydrogen) atoms. The van der Waals surface area contributed by atoms with E-state index in [1.807, 2.05) is 60.7 Å². The topological polar surface area (TPSA) is 136 Å². The van der Waals surface area contributed by atoms with Gasteiger partial charge in [-0.25, -0.2) is 0 Å². The minimum absolute atomic E-state index is 0.0663. The number of para-hydroxylation sites is 2. The van der Waals surface area contributed by atoms with Crippen LogP contribution in [0.3, 0.4) is 0 Å². The van der Waals surface area contributed by atoms with Crippen molar-refractivity contribution in [3.8, 4) is 34.5 Å². The summed E-state index contributed by atoms with van der Waals surface area (Å²) >= 11 is 0. The molecule has 0 saturated heterocycles. The molecule has 2 atom stereocenters. The van der Waals surface area contributed by atoms with Crippen LogP contribution in [0.5, 0.6) is 34.5 Å². The Morgan fingerprint density at radius 1 is 0.333 bits per heavy atom. The van der Waals surface area contributed by atoms with Crippen molar-refractivity contribution in [2.45, 2.75) is 0 Å². The standard InChI is InChI=1S/C36H30N3O6P3/c40-27-11-19-33(20-12-27)46(34-21-13-28(41)14-22-34)37-47(35-23-15-29(42)16-24-35,44-31-7-3-1-4-8-31)39-48(38-46,36-25-17-30(43)18-26-36)45-32-9-5-2-6-10-32/h1-26,40-43H. The Morgan fingerprint density at radius 2 is 0.646 bits per heavy atom. The Labute approximate surface area is 277 Å². The summed E-state index contributed by atoms with van der Waals surface area (Å²) in [4.78, 5) is 0. The average molecular weight is 694 g/mol. The molecular weight excluding hydrogens is 663 g/mol. The lowest BCUT2D eigenvalue weighted by atomic mass is 10.3. The fraction of sp³-hybridized carbons (Fsp3) is 0. The van der Waals surface area contributed by atoms with Crippen LogP contribution in [0.1, 0.15) is 0 Å². The quantitative estimate of drug-likeness (QED) is 0.118. The zero-order valence-electron chi connectivity index (χ0n) is 25.3. The Balaban J connectivity index is 1.71. The first-order valence-electron chi connectivity index (χ1n) is 14.9. The Kier molecular flexibility index (Phi) is 8.36. The van der Waals surface area contributed by atoms with E-state index in [1.54, 1.807) is 97.1 Å². The molecule has 1 aliphatic heterocycles. The summed E-state index contributed by atoms with van der Waals surface area (Å²) in [6.07, 6.45) is 0. The number of aromatic hydroxyl groups is 4. The normalized spacial score (nSPS) is 19.6. The van der Waals surface area contributed by atoms with Crippen LogP contribution in [-0.2, 0) is 0 Å². The van der Waals surface area contributed by atoms with Crippen LogP contribution in [0.2, 0.25) is 0 Å². The maximum absolute atomic E-state index is 10.4. The maximum atomic E-state index is 10.4. The van der Waals surface area contributed by atoms with Crippen LogP contribution in [-0.4, -0.2) is 20.4 Å². The van der Waals surface area contributed by atoms with E-state index in [4.69, 9.17) is 22.6 Å². The molecule has 0 fully saturated rings. The Bertz CT molecular complexity index is 2090. The summed E-state index contributed by atoms with van der Waals surface area (Å²) in [5, 5.41) is 44.0. The highest BCUT2D eigenvalue weighted by Gasteiger charge is 2.44. The van der Waals surface area contributed by atoms with Crippen molar-refractivity contribution in [3.63, 3.8) is 0 Å². The first-order valence-corrected chi connectivity index (χ1v) is 19.8. The Morgan fingerprint density at radius 3 is 1.00 bits per heavy atom. The zero-order chi connectivity index (χ0) is 33.2. The fourth-order valence-electron chi connectivity index (χ4n) is 5.18. The van der Waals surface area contributed by atoms with Crippen molar-refractivity contribution in [2.24, 2.45) is 13.5 Å². The summed E-state index contributed by atoms with van der Waals surface area (Å²) < 4.78 is 30.8.